The largest absolute Gasteiger partial charge is 0.492 e. The van der Waals surface area contributed by atoms with E-state index in [1.54, 1.807) is 16.4 Å². The summed E-state index contributed by atoms with van der Waals surface area (Å²) >= 11 is 6.01. The lowest BCUT2D eigenvalue weighted by molar-refractivity contribution is 0.221. The van der Waals surface area contributed by atoms with Gasteiger partial charge in [0.2, 0.25) is 10.0 Å². The van der Waals surface area contributed by atoms with Crippen molar-refractivity contribution in [2.24, 2.45) is 11.8 Å². The van der Waals surface area contributed by atoms with Crippen LogP contribution < -0.4 is 4.74 Å². The molecule has 6 heteroatoms. The second kappa shape index (κ2) is 7.20. The predicted molar refractivity (Wildman–Crippen MR) is 88.9 cm³/mol. The van der Waals surface area contributed by atoms with E-state index in [1.807, 2.05) is 6.92 Å². The van der Waals surface area contributed by atoms with Crippen LogP contribution in [0.4, 0.5) is 0 Å². The Labute approximate surface area is 138 Å². The van der Waals surface area contributed by atoms with Crippen LogP contribution in [0, 0.1) is 11.8 Å². The summed E-state index contributed by atoms with van der Waals surface area (Å²) in [4.78, 5) is 0.176. The number of benzene rings is 1. The molecule has 0 radical (unpaired) electrons. The standard InChI is InChI=1S/C16H24ClNO3S/c1-4-7-21-15-6-5-14(17)9-16(15)22(19,20)18-10-12(2)8-13(3)11-18/h5-6,9,12-13H,4,7-8,10-11H2,1-3H3. The lowest BCUT2D eigenvalue weighted by Crippen LogP contribution is -2.42. The van der Waals surface area contributed by atoms with Crippen LogP contribution in [0.25, 0.3) is 0 Å². The highest BCUT2D eigenvalue weighted by molar-refractivity contribution is 7.89. The van der Waals surface area contributed by atoms with Gasteiger partial charge in [0.05, 0.1) is 6.61 Å². The summed E-state index contributed by atoms with van der Waals surface area (Å²) < 4.78 is 33.2. The minimum Gasteiger partial charge on any atom is -0.492 e. The van der Waals surface area contributed by atoms with Gasteiger partial charge in [0, 0.05) is 18.1 Å². The van der Waals surface area contributed by atoms with Crippen molar-refractivity contribution < 1.29 is 13.2 Å². The van der Waals surface area contributed by atoms with Crippen molar-refractivity contribution in [3.63, 3.8) is 0 Å². The molecule has 0 N–H and O–H groups in total. The van der Waals surface area contributed by atoms with Crippen molar-refractivity contribution in [2.75, 3.05) is 19.7 Å². The average Bonchev–Trinajstić information content (AvgIpc) is 2.45. The molecule has 0 saturated carbocycles. The summed E-state index contributed by atoms with van der Waals surface area (Å²) in [5.41, 5.74) is 0. The van der Waals surface area contributed by atoms with Gasteiger partial charge in [-0.3, -0.25) is 0 Å². The molecule has 1 aromatic carbocycles. The van der Waals surface area contributed by atoms with E-state index in [0.717, 1.165) is 12.8 Å². The highest BCUT2D eigenvalue weighted by atomic mass is 35.5. The smallest absolute Gasteiger partial charge is 0.246 e. The SMILES string of the molecule is CCCOc1ccc(Cl)cc1S(=O)(=O)N1CC(C)CC(C)C1. The van der Waals surface area contributed by atoms with Gasteiger partial charge in [-0.15, -0.1) is 0 Å². The molecule has 1 aliphatic rings. The highest BCUT2D eigenvalue weighted by Crippen LogP contribution is 2.33. The van der Waals surface area contributed by atoms with Crippen molar-refractivity contribution in [3.05, 3.63) is 23.2 Å². The van der Waals surface area contributed by atoms with Crippen molar-refractivity contribution in [2.45, 2.75) is 38.5 Å². The van der Waals surface area contributed by atoms with E-state index in [4.69, 9.17) is 16.3 Å². The second-order valence-corrected chi connectivity index (χ2v) is 8.55. The van der Waals surface area contributed by atoms with Gasteiger partial charge in [-0.25, -0.2) is 8.42 Å². The minimum absolute atomic E-state index is 0.176. The number of sulfonamides is 1. The van der Waals surface area contributed by atoms with E-state index in [-0.39, 0.29) is 4.90 Å². The molecule has 22 heavy (non-hydrogen) atoms. The molecule has 0 aliphatic carbocycles. The van der Waals surface area contributed by atoms with E-state index in [2.05, 4.69) is 13.8 Å². The molecule has 1 aliphatic heterocycles. The summed E-state index contributed by atoms with van der Waals surface area (Å²) in [5, 5.41) is 0.403. The molecule has 0 bridgehead atoms. The van der Waals surface area contributed by atoms with Gasteiger partial charge in [-0.1, -0.05) is 32.4 Å². The van der Waals surface area contributed by atoms with Gasteiger partial charge in [0.25, 0.3) is 0 Å². The molecule has 0 aromatic heterocycles. The summed E-state index contributed by atoms with van der Waals surface area (Å²) in [6.07, 6.45) is 1.88. The molecule has 124 valence electrons. The fourth-order valence-electron chi connectivity index (χ4n) is 2.96. The molecule has 4 nitrogen and oxygen atoms in total. The molecule has 1 heterocycles. The lowest BCUT2D eigenvalue weighted by Gasteiger charge is -2.34. The topological polar surface area (TPSA) is 46.6 Å². The first-order valence-corrected chi connectivity index (χ1v) is 9.59. The number of ether oxygens (including phenoxy) is 1. The van der Waals surface area contributed by atoms with Gasteiger partial charge in [-0.2, -0.15) is 4.31 Å². The number of piperidine rings is 1. The number of rotatable bonds is 5. The maximum absolute atomic E-state index is 13.0. The summed E-state index contributed by atoms with van der Waals surface area (Å²) in [7, 11) is -3.59. The first-order valence-electron chi connectivity index (χ1n) is 7.77. The molecule has 1 fully saturated rings. The van der Waals surface area contributed by atoms with Crippen LogP contribution >= 0.6 is 11.6 Å². The van der Waals surface area contributed by atoms with Crippen LogP contribution in [0.3, 0.4) is 0 Å². The zero-order valence-electron chi connectivity index (χ0n) is 13.4. The Morgan fingerprint density at radius 2 is 1.91 bits per heavy atom. The van der Waals surface area contributed by atoms with Gasteiger partial charge in [-0.05, 0) is 42.9 Å². The van der Waals surface area contributed by atoms with Crippen molar-refractivity contribution in [1.82, 2.24) is 4.31 Å². The first kappa shape index (κ1) is 17.6. The van der Waals surface area contributed by atoms with Crippen LogP contribution in [0.5, 0.6) is 5.75 Å². The van der Waals surface area contributed by atoms with Crippen LogP contribution in [0.1, 0.15) is 33.6 Å². The fraction of sp³-hybridized carbons (Fsp3) is 0.625. The van der Waals surface area contributed by atoms with Gasteiger partial charge < -0.3 is 4.74 Å². The Morgan fingerprint density at radius 1 is 1.27 bits per heavy atom. The lowest BCUT2D eigenvalue weighted by atomic mass is 9.94. The molecule has 2 atom stereocenters. The monoisotopic (exact) mass is 345 g/mol. The highest BCUT2D eigenvalue weighted by Gasteiger charge is 2.33. The Balaban J connectivity index is 2.37. The zero-order valence-corrected chi connectivity index (χ0v) is 15.0. The Hall–Kier alpha value is -0.780. The molecule has 2 rings (SSSR count). The molecule has 0 amide bonds. The van der Waals surface area contributed by atoms with Crippen molar-refractivity contribution in [3.8, 4) is 5.75 Å². The molecule has 2 unspecified atom stereocenters. The summed E-state index contributed by atoms with van der Waals surface area (Å²) in [6, 6.07) is 4.79. The van der Waals surface area contributed by atoms with E-state index in [9.17, 15) is 8.42 Å². The quantitative estimate of drug-likeness (QED) is 0.815. The normalized spacial score (nSPS) is 23.5. The maximum Gasteiger partial charge on any atom is 0.246 e. The Kier molecular flexibility index (Phi) is 5.75. The number of hydrogen-bond acceptors (Lipinski definition) is 3. The minimum atomic E-state index is -3.59. The average molecular weight is 346 g/mol. The number of nitrogens with zero attached hydrogens (tertiary/aromatic N) is 1. The maximum atomic E-state index is 13.0. The van der Waals surface area contributed by atoms with E-state index < -0.39 is 10.0 Å². The van der Waals surface area contributed by atoms with E-state index in [0.29, 0.717) is 42.3 Å². The molecule has 0 spiro atoms. The Bertz CT molecular complexity index is 608. The third-order valence-electron chi connectivity index (χ3n) is 3.82. The third-order valence-corrected chi connectivity index (χ3v) is 5.91. The molecule has 1 saturated heterocycles. The predicted octanol–water partition coefficient (Wildman–Crippen LogP) is 3.80. The van der Waals surface area contributed by atoms with Crippen LogP contribution in [0.2, 0.25) is 5.02 Å². The molecule has 1 aromatic rings. The third kappa shape index (κ3) is 3.94. The number of halogens is 1. The van der Waals surface area contributed by atoms with Gasteiger partial charge in [0.1, 0.15) is 10.6 Å². The van der Waals surface area contributed by atoms with Gasteiger partial charge in [0.15, 0.2) is 0 Å². The van der Waals surface area contributed by atoms with Gasteiger partial charge >= 0.3 is 0 Å². The molecular formula is C16H24ClNO3S. The van der Waals surface area contributed by atoms with Crippen LogP contribution in [0.15, 0.2) is 23.1 Å². The Morgan fingerprint density at radius 3 is 2.50 bits per heavy atom. The summed E-state index contributed by atoms with van der Waals surface area (Å²) in [5.74, 6) is 1.10. The van der Waals surface area contributed by atoms with E-state index in [1.165, 1.54) is 6.07 Å². The van der Waals surface area contributed by atoms with Crippen LogP contribution in [-0.4, -0.2) is 32.4 Å². The number of hydrogen-bond donors (Lipinski definition) is 0. The van der Waals surface area contributed by atoms with E-state index >= 15 is 0 Å². The fourth-order valence-corrected chi connectivity index (χ4v) is 5.03. The van der Waals surface area contributed by atoms with Crippen molar-refractivity contribution in [1.29, 1.82) is 0 Å². The van der Waals surface area contributed by atoms with Crippen LogP contribution in [-0.2, 0) is 10.0 Å². The first-order chi connectivity index (χ1) is 10.3. The van der Waals surface area contributed by atoms with Crippen molar-refractivity contribution >= 4 is 21.6 Å². The zero-order chi connectivity index (χ0) is 16.3. The second-order valence-electron chi connectivity index (χ2n) is 6.21. The summed E-state index contributed by atoms with van der Waals surface area (Å²) in [6.45, 7) is 7.74. The molecular weight excluding hydrogens is 322 g/mol.